The summed E-state index contributed by atoms with van der Waals surface area (Å²) in [4.78, 5) is 11.2. The van der Waals surface area contributed by atoms with E-state index >= 15 is 0 Å². The van der Waals surface area contributed by atoms with Gasteiger partial charge in [0.15, 0.2) is 0 Å². The predicted octanol–water partition coefficient (Wildman–Crippen LogP) is 3.86. The van der Waals surface area contributed by atoms with Gasteiger partial charge in [0.25, 0.3) is 0 Å². The first kappa shape index (κ1) is 10.2. The van der Waals surface area contributed by atoms with E-state index in [-0.39, 0.29) is 0 Å². The highest BCUT2D eigenvalue weighted by Gasteiger charge is 2.33. The van der Waals surface area contributed by atoms with Crippen molar-refractivity contribution < 1.29 is 4.79 Å². The van der Waals surface area contributed by atoms with Crippen LogP contribution in [0.3, 0.4) is 0 Å². The average molecular weight is 194 g/mol. The molecule has 0 bridgehead atoms. The van der Waals surface area contributed by atoms with Crippen molar-refractivity contribution in [1.29, 1.82) is 0 Å². The van der Waals surface area contributed by atoms with Crippen LogP contribution >= 0.6 is 0 Å². The van der Waals surface area contributed by atoms with Crippen molar-refractivity contribution in [3.63, 3.8) is 0 Å². The summed E-state index contributed by atoms with van der Waals surface area (Å²) in [6, 6.07) is 0. The molecule has 0 heterocycles. The fraction of sp³-hybridized carbons (Fsp3) is 0.923. The summed E-state index contributed by atoms with van der Waals surface area (Å²) in [6.45, 7) is 0. The molecule has 2 aliphatic rings. The molecule has 2 fully saturated rings. The third-order valence-electron chi connectivity index (χ3n) is 4.28. The Morgan fingerprint density at radius 2 is 1.21 bits per heavy atom. The Morgan fingerprint density at radius 1 is 0.714 bits per heavy atom. The number of Topliss-reactive ketones (excluding diaryl/α,β-unsaturated/α-hetero) is 1. The monoisotopic (exact) mass is 194 g/mol. The van der Waals surface area contributed by atoms with E-state index in [1.54, 1.807) is 0 Å². The quantitative estimate of drug-likeness (QED) is 0.572. The van der Waals surface area contributed by atoms with Crippen LogP contribution in [-0.4, -0.2) is 5.78 Å². The van der Waals surface area contributed by atoms with Gasteiger partial charge in [0, 0.05) is 12.8 Å². The van der Waals surface area contributed by atoms with E-state index < -0.39 is 0 Å². The van der Waals surface area contributed by atoms with Crippen molar-refractivity contribution in [2.24, 2.45) is 5.41 Å². The van der Waals surface area contributed by atoms with Gasteiger partial charge >= 0.3 is 0 Å². The van der Waals surface area contributed by atoms with Crippen LogP contribution in [0.1, 0.15) is 70.6 Å². The summed E-state index contributed by atoms with van der Waals surface area (Å²) < 4.78 is 0. The third-order valence-corrected chi connectivity index (χ3v) is 4.28. The van der Waals surface area contributed by atoms with Gasteiger partial charge in [-0.2, -0.15) is 0 Å². The summed E-state index contributed by atoms with van der Waals surface area (Å²) in [5.41, 5.74) is 0.592. The van der Waals surface area contributed by atoms with E-state index in [9.17, 15) is 4.79 Å². The normalized spacial score (nSPS) is 28.4. The van der Waals surface area contributed by atoms with Gasteiger partial charge in [-0.15, -0.1) is 0 Å². The Bertz CT molecular complexity index is 187. The van der Waals surface area contributed by atoms with Crippen LogP contribution in [0.25, 0.3) is 0 Å². The maximum Gasteiger partial charge on any atom is 0.132 e. The highest BCUT2D eigenvalue weighted by molar-refractivity contribution is 5.79. The van der Waals surface area contributed by atoms with E-state index in [1.807, 2.05) is 0 Å². The first-order valence-electron chi connectivity index (χ1n) is 6.33. The second-order valence-corrected chi connectivity index (χ2v) is 5.31. The number of carbonyl (C=O) groups is 1. The van der Waals surface area contributed by atoms with Gasteiger partial charge in [-0.25, -0.2) is 0 Å². The molecule has 1 spiro atoms. The van der Waals surface area contributed by atoms with E-state index in [2.05, 4.69) is 0 Å². The molecule has 0 amide bonds. The Morgan fingerprint density at radius 3 is 1.79 bits per heavy atom. The molecule has 1 heteroatoms. The molecule has 0 aliphatic heterocycles. The van der Waals surface area contributed by atoms with Gasteiger partial charge in [0.05, 0.1) is 0 Å². The lowest BCUT2D eigenvalue weighted by Gasteiger charge is -2.38. The van der Waals surface area contributed by atoms with Crippen molar-refractivity contribution in [3.8, 4) is 0 Å². The number of hydrogen-bond donors (Lipinski definition) is 0. The molecule has 0 aromatic heterocycles. The van der Waals surface area contributed by atoms with Crippen molar-refractivity contribution in [3.05, 3.63) is 0 Å². The fourth-order valence-electron chi connectivity index (χ4n) is 3.21. The lowest BCUT2D eigenvalue weighted by atomic mass is 9.67. The molecule has 14 heavy (non-hydrogen) atoms. The van der Waals surface area contributed by atoms with Crippen LogP contribution in [0.5, 0.6) is 0 Å². The molecule has 0 atom stereocenters. The van der Waals surface area contributed by atoms with E-state index in [0.29, 0.717) is 11.2 Å². The smallest absolute Gasteiger partial charge is 0.132 e. The topological polar surface area (TPSA) is 17.1 Å². The van der Waals surface area contributed by atoms with Crippen LogP contribution in [0.15, 0.2) is 0 Å². The molecular weight excluding hydrogens is 172 g/mol. The highest BCUT2D eigenvalue weighted by atomic mass is 16.1. The number of ketones is 1. The Kier molecular flexibility index (Phi) is 3.25. The maximum atomic E-state index is 11.2. The van der Waals surface area contributed by atoms with E-state index in [4.69, 9.17) is 0 Å². The standard InChI is InChI=1S/C13H22O/c14-12-6-10-13(11-7-12)8-4-2-1-3-5-9-13/h1-11H2. The zero-order valence-corrected chi connectivity index (χ0v) is 9.19. The second kappa shape index (κ2) is 4.46. The summed E-state index contributed by atoms with van der Waals surface area (Å²) in [5, 5.41) is 0. The number of carbonyl (C=O) groups excluding carboxylic acids is 1. The Hall–Kier alpha value is -0.330. The van der Waals surface area contributed by atoms with Crippen LogP contribution in [0.4, 0.5) is 0 Å². The number of hydrogen-bond acceptors (Lipinski definition) is 1. The average Bonchev–Trinajstić information content (AvgIpc) is 2.16. The SMILES string of the molecule is O=C1CCC2(CCCCCCC2)CC1. The summed E-state index contributed by atoms with van der Waals surface area (Å²) in [6.07, 6.45) is 14.1. The highest BCUT2D eigenvalue weighted by Crippen LogP contribution is 2.44. The van der Waals surface area contributed by atoms with E-state index in [0.717, 1.165) is 12.8 Å². The molecule has 0 aromatic carbocycles. The fourth-order valence-corrected chi connectivity index (χ4v) is 3.21. The molecule has 0 saturated heterocycles. The van der Waals surface area contributed by atoms with Crippen LogP contribution in [0, 0.1) is 5.41 Å². The van der Waals surface area contributed by atoms with Gasteiger partial charge in [-0.3, -0.25) is 4.79 Å². The van der Waals surface area contributed by atoms with Gasteiger partial charge in [-0.1, -0.05) is 32.1 Å². The molecule has 1 nitrogen and oxygen atoms in total. The summed E-state index contributed by atoms with van der Waals surface area (Å²) in [5.74, 6) is 0.512. The Balaban J connectivity index is 1.94. The first-order valence-corrected chi connectivity index (χ1v) is 6.33. The minimum absolute atomic E-state index is 0.512. The molecule has 0 aromatic rings. The van der Waals surface area contributed by atoms with Crippen molar-refractivity contribution >= 4 is 5.78 Å². The zero-order valence-electron chi connectivity index (χ0n) is 9.19. The lowest BCUT2D eigenvalue weighted by Crippen LogP contribution is -2.28. The van der Waals surface area contributed by atoms with Crippen LogP contribution < -0.4 is 0 Å². The van der Waals surface area contributed by atoms with Crippen LogP contribution in [0.2, 0.25) is 0 Å². The predicted molar refractivity (Wildman–Crippen MR) is 58.2 cm³/mol. The van der Waals surface area contributed by atoms with Crippen molar-refractivity contribution in [1.82, 2.24) is 0 Å². The van der Waals surface area contributed by atoms with Gasteiger partial charge < -0.3 is 0 Å². The molecule has 0 unspecified atom stereocenters. The molecule has 80 valence electrons. The lowest BCUT2D eigenvalue weighted by molar-refractivity contribution is -0.122. The molecule has 2 saturated carbocycles. The molecule has 2 aliphatic carbocycles. The largest absolute Gasteiger partial charge is 0.300 e. The van der Waals surface area contributed by atoms with Crippen molar-refractivity contribution in [2.75, 3.05) is 0 Å². The second-order valence-electron chi connectivity index (χ2n) is 5.31. The molecule has 0 radical (unpaired) electrons. The summed E-state index contributed by atoms with van der Waals surface area (Å²) >= 11 is 0. The molecule has 0 N–H and O–H groups in total. The minimum atomic E-state index is 0.512. The maximum absolute atomic E-state index is 11.2. The van der Waals surface area contributed by atoms with Gasteiger partial charge in [-0.05, 0) is 31.1 Å². The van der Waals surface area contributed by atoms with Gasteiger partial charge in [0.2, 0.25) is 0 Å². The summed E-state index contributed by atoms with van der Waals surface area (Å²) in [7, 11) is 0. The molecular formula is C13H22O. The Labute approximate surface area is 87.3 Å². The van der Waals surface area contributed by atoms with Gasteiger partial charge in [0.1, 0.15) is 5.78 Å². The molecule has 2 rings (SSSR count). The third kappa shape index (κ3) is 2.37. The van der Waals surface area contributed by atoms with Crippen molar-refractivity contribution in [2.45, 2.75) is 70.6 Å². The van der Waals surface area contributed by atoms with E-state index in [1.165, 1.54) is 57.8 Å². The van der Waals surface area contributed by atoms with Crippen LogP contribution in [-0.2, 0) is 4.79 Å². The number of rotatable bonds is 0. The minimum Gasteiger partial charge on any atom is -0.300 e. The zero-order chi connectivity index (χ0) is 9.86. The first-order chi connectivity index (χ1) is 6.81.